The number of thioether (sulfide) groups is 1. The lowest BCUT2D eigenvalue weighted by Crippen LogP contribution is -2.31. The van der Waals surface area contributed by atoms with Gasteiger partial charge in [0.25, 0.3) is 0 Å². The fourth-order valence-electron chi connectivity index (χ4n) is 1.60. The van der Waals surface area contributed by atoms with Crippen molar-refractivity contribution in [2.45, 2.75) is 25.1 Å². The van der Waals surface area contributed by atoms with Crippen LogP contribution in [-0.4, -0.2) is 41.4 Å². The van der Waals surface area contributed by atoms with E-state index in [2.05, 4.69) is 10.3 Å². The molecule has 2 unspecified atom stereocenters. The number of rotatable bonds is 6. The molecular formula is C12H20N2O2S. The molecule has 0 aromatic carbocycles. The minimum atomic E-state index is 0.154. The van der Waals surface area contributed by atoms with Crippen LogP contribution in [0.25, 0.3) is 0 Å². The van der Waals surface area contributed by atoms with Crippen LogP contribution < -0.4 is 10.1 Å². The van der Waals surface area contributed by atoms with Crippen LogP contribution in [0.1, 0.15) is 12.6 Å². The number of pyridine rings is 1. The van der Waals surface area contributed by atoms with E-state index in [4.69, 9.17) is 4.74 Å². The van der Waals surface area contributed by atoms with Crippen molar-refractivity contribution in [2.24, 2.45) is 0 Å². The van der Waals surface area contributed by atoms with Gasteiger partial charge in [-0.3, -0.25) is 4.98 Å². The molecule has 0 spiro atoms. The van der Waals surface area contributed by atoms with Crippen LogP contribution in [0, 0.1) is 6.92 Å². The Morgan fingerprint density at radius 2 is 2.29 bits per heavy atom. The lowest BCUT2D eigenvalue weighted by atomic mass is 10.2. The molecule has 4 nitrogen and oxygen atoms in total. The van der Waals surface area contributed by atoms with Crippen molar-refractivity contribution >= 4 is 17.4 Å². The number of hydrogen-bond acceptors (Lipinski definition) is 5. The van der Waals surface area contributed by atoms with Gasteiger partial charge in [-0.1, -0.05) is 0 Å². The van der Waals surface area contributed by atoms with Crippen LogP contribution in [0.15, 0.2) is 12.3 Å². The molecule has 96 valence electrons. The number of aromatic nitrogens is 1. The number of anilines is 1. The second-order valence-electron chi connectivity index (χ2n) is 3.92. The van der Waals surface area contributed by atoms with E-state index in [9.17, 15) is 5.11 Å². The van der Waals surface area contributed by atoms with Gasteiger partial charge in [0.2, 0.25) is 0 Å². The van der Waals surface area contributed by atoms with Crippen LogP contribution in [-0.2, 0) is 0 Å². The molecule has 0 fully saturated rings. The van der Waals surface area contributed by atoms with E-state index in [0.29, 0.717) is 0 Å². The zero-order valence-electron chi connectivity index (χ0n) is 10.7. The molecule has 0 aliphatic heterocycles. The van der Waals surface area contributed by atoms with Gasteiger partial charge >= 0.3 is 0 Å². The molecule has 1 heterocycles. The van der Waals surface area contributed by atoms with Crippen molar-refractivity contribution in [3.63, 3.8) is 0 Å². The lowest BCUT2D eigenvalue weighted by Gasteiger charge is -2.23. The Bertz CT molecular complexity index is 356. The predicted molar refractivity (Wildman–Crippen MR) is 73.0 cm³/mol. The van der Waals surface area contributed by atoms with Gasteiger partial charge in [-0.15, -0.1) is 0 Å². The number of ether oxygens (including phenoxy) is 1. The number of methoxy groups -OCH3 is 1. The Morgan fingerprint density at radius 3 is 2.82 bits per heavy atom. The van der Waals surface area contributed by atoms with E-state index in [1.54, 1.807) is 25.1 Å². The number of hydrogen-bond donors (Lipinski definition) is 2. The number of aryl methyl sites for hydroxylation is 1. The zero-order chi connectivity index (χ0) is 12.8. The van der Waals surface area contributed by atoms with Crippen LogP contribution >= 0.6 is 11.8 Å². The highest BCUT2D eigenvalue weighted by molar-refractivity contribution is 7.99. The molecule has 2 N–H and O–H groups in total. The summed E-state index contributed by atoms with van der Waals surface area (Å²) in [4.78, 5) is 4.18. The van der Waals surface area contributed by atoms with Gasteiger partial charge in [0.1, 0.15) is 0 Å². The Kier molecular flexibility index (Phi) is 5.58. The fourth-order valence-corrected chi connectivity index (χ4v) is 2.22. The molecule has 5 heteroatoms. The maximum absolute atomic E-state index is 9.25. The van der Waals surface area contributed by atoms with E-state index < -0.39 is 0 Å². The number of aliphatic hydroxyl groups is 1. The smallest absolute Gasteiger partial charge is 0.160 e. The monoisotopic (exact) mass is 256 g/mol. The number of nitrogens with one attached hydrogen (secondary N) is 1. The lowest BCUT2D eigenvalue weighted by molar-refractivity contribution is 0.288. The number of aliphatic hydroxyl groups excluding tert-OH is 1. The van der Waals surface area contributed by atoms with Gasteiger partial charge in [-0.25, -0.2) is 0 Å². The fraction of sp³-hybridized carbons (Fsp3) is 0.583. The molecule has 0 saturated heterocycles. The Balaban J connectivity index is 2.82. The van der Waals surface area contributed by atoms with Gasteiger partial charge in [0.05, 0.1) is 25.6 Å². The van der Waals surface area contributed by atoms with Crippen molar-refractivity contribution in [3.05, 3.63) is 18.0 Å². The van der Waals surface area contributed by atoms with E-state index in [0.717, 1.165) is 17.1 Å². The molecule has 0 aliphatic rings. The third-order valence-electron chi connectivity index (χ3n) is 2.65. The van der Waals surface area contributed by atoms with Crippen molar-refractivity contribution < 1.29 is 9.84 Å². The second kappa shape index (κ2) is 6.71. The average Bonchev–Trinajstić information content (AvgIpc) is 2.31. The standard InChI is InChI=1S/C12H20N2O2S/c1-8-5-10(11(16-3)6-13-8)14-9(2)12(7-15)17-4/h5-6,9,12,15H,7H2,1-4H3,(H,13,14). The molecule has 17 heavy (non-hydrogen) atoms. The van der Waals surface area contributed by atoms with E-state index in [1.807, 2.05) is 26.2 Å². The normalized spacial score (nSPS) is 14.2. The Morgan fingerprint density at radius 1 is 1.59 bits per heavy atom. The van der Waals surface area contributed by atoms with Crippen LogP contribution in [0.2, 0.25) is 0 Å². The molecule has 2 atom stereocenters. The van der Waals surface area contributed by atoms with Crippen LogP contribution in [0.4, 0.5) is 5.69 Å². The van der Waals surface area contributed by atoms with Crippen LogP contribution in [0.3, 0.4) is 0 Å². The third-order valence-corrected chi connectivity index (χ3v) is 3.81. The van der Waals surface area contributed by atoms with Crippen molar-refractivity contribution in [1.82, 2.24) is 4.98 Å². The summed E-state index contributed by atoms with van der Waals surface area (Å²) in [5, 5.41) is 12.8. The van der Waals surface area contributed by atoms with Crippen LogP contribution in [0.5, 0.6) is 5.75 Å². The van der Waals surface area contributed by atoms with E-state index in [1.165, 1.54) is 0 Å². The number of nitrogens with zero attached hydrogens (tertiary/aromatic N) is 1. The molecule has 1 aromatic rings. The molecule has 1 rings (SSSR count). The zero-order valence-corrected chi connectivity index (χ0v) is 11.5. The summed E-state index contributed by atoms with van der Waals surface area (Å²) in [5.41, 5.74) is 1.85. The first-order valence-electron chi connectivity index (χ1n) is 5.53. The summed E-state index contributed by atoms with van der Waals surface area (Å²) >= 11 is 1.65. The summed E-state index contributed by atoms with van der Waals surface area (Å²) in [6.45, 7) is 4.14. The first-order valence-corrected chi connectivity index (χ1v) is 6.82. The Labute approximate surface area is 107 Å². The minimum Gasteiger partial charge on any atom is -0.493 e. The minimum absolute atomic E-state index is 0.154. The van der Waals surface area contributed by atoms with Gasteiger partial charge in [-0.2, -0.15) is 11.8 Å². The topological polar surface area (TPSA) is 54.4 Å². The van der Waals surface area contributed by atoms with Gasteiger partial charge in [0, 0.05) is 17.0 Å². The first kappa shape index (κ1) is 14.1. The highest BCUT2D eigenvalue weighted by Crippen LogP contribution is 2.26. The van der Waals surface area contributed by atoms with Crippen molar-refractivity contribution in [1.29, 1.82) is 0 Å². The van der Waals surface area contributed by atoms with Gasteiger partial charge < -0.3 is 15.2 Å². The molecule has 1 aromatic heterocycles. The van der Waals surface area contributed by atoms with Crippen molar-refractivity contribution in [3.8, 4) is 5.75 Å². The predicted octanol–water partition coefficient (Wildman–Crippen LogP) is 1.92. The molecular weight excluding hydrogens is 236 g/mol. The summed E-state index contributed by atoms with van der Waals surface area (Å²) in [6.07, 6.45) is 3.70. The highest BCUT2D eigenvalue weighted by Gasteiger charge is 2.16. The molecule has 0 saturated carbocycles. The van der Waals surface area contributed by atoms with Gasteiger partial charge in [-0.05, 0) is 26.2 Å². The second-order valence-corrected chi connectivity index (χ2v) is 4.99. The summed E-state index contributed by atoms with van der Waals surface area (Å²) in [7, 11) is 1.63. The molecule has 0 amide bonds. The quantitative estimate of drug-likeness (QED) is 0.814. The van der Waals surface area contributed by atoms with E-state index >= 15 is 0 Å². The average molecular weight is 256 g/mol. The molecule has 0 bridgehead atoms. The highest BCUT2D eigenvalue weighted by atomic mass is 32.2. The SMILES string of the molecule is COc1cnc(C)cc1NC(C)C(CO)SC. The molecule has 0 aliphatic carbocycles. The maximum Gasteiger partial charge on any atom is 0.160 e. The third kappa shape index (κ3) is 3.78. The summed E-state index contributed by atoms with van der Waals surface area (Å²) in [6, 6.07) is 2.11. The summed E-state index contributed by atoms with van der Waals surface area (Å²) in [5.74, 6) is 0.722. The van der Waals surface area contributed by atoms with Gasteiger partial charge in [0.15, 0.2) is 5.75 Å². The largest absolute Gasteiger partial charge is 0.493 e. The van der Waals surface area contributed by atoms with E-state index in [-0.39, 0.29) is 17.9 Å². The Hall–Kier alpha value is -0.940. The first-order chi connectivity index (χ1) is 8.12. The molecule has 0 radical (unpaired) electrons. The maximum atomic E-state index is 9.25. The van der Waals surface area contributed by atoms with Crippen molar-refractivity contribution in [2.75, 3.05) is 25.3 Å². The summed E-state index contributed by atoms with van der Waals surface area (Å²) < 4.78 is 5.25.